The van der Waals surface area contributed by atoms with Gasteiger partial charge in [-0.1, -0.05) is 37.0 Å². The van der Waals surface area contributed by atoms with Gasteiger partial charge in [0.05, 0.1) is 11.4 Å². The second-order valence-corrected chi connectivity index (χ2v) is 3.88. The van der Waals surface area contributed by atoms with Crippen molar-refractivity contribution in [3.63, 3.8) is 0 Å². The molecule has 4 heteroatoms. The third-order valence-electron chi connectivity index (χ3n) is 2.13. The van der Waals surface area contributed by atoms with Crippen molar-refractivity contribution in [1.82, 2.24) is 0 Å². The molecule has 0 fully saturated rings. The van der Waals surface area contributed by atoms with Gasteiger partial charge in [0.25, 0.3) is 0 Å². The van der Waals surface area contributed by atoms with Crippen LogP contribution in [-0.4, -0.2) is 21.8 Å². The lowest BCUT2D eigenvalue weighted by Gasteiger charge is -1.91. The maximum absolute atomic E-state index is 8.15. The fourth-order valence-corrected chi connectivity index (χ4v) is 0.965. The molecular formula is C12H26N2O2. The summed E-state index contributed by atoms with van der Waals surface area (Å²) in [5.41, 5.74) is 1.65. The number of hydrogen-bond donors (Lipinski definition) is 2. The van der Waals surface area contributed by atoms with Crippen LogP contribution in [0.3, 0.4) is 0 Å². The van der Waals surface area contributed by atoms with Gasteiger partial charge in [0.15, 0.2) is 0 Å². The van der Waals surface area contributed by atoms with Crippen LogP contribution in [0.4, 0.5) is 0 Å². The number of unbranched alkanes of at least 4 members (excludes halogenated alkanes) is 2. The average Bonchev–Trinajstić information content (AvgIpc) is 2.33. The van der Waals surface area contributed by atoms with E-state index in [1.165, 1.54) is 0 Å². The van der Waals surface area contributed by atoms with Crippen molar-refractivity contribution in [3.05, 3.63) is 0 Å². The molecule has 0 heterocycles. The summed E-state index contributed by atoms with van der Waals surface area (Å²) in [6, 6.07) is 0. The Morgan fingerprint density at radius 1 is 0.812 bits per heavy atom. The highest BCUT2D eigenvalue weighted by molar-refractivity contribution is 5.81. The van der Waals surface area contributed by atoms with Crippen molar-refractivity contribution >= 4 is 11.4 Å². The molecule has 0 amide bonds. The fraction of sp³-hybridized carbons (Fsp3) is 0.833. The van der Waals surface area contributed by atoms with E-state index < -0.39 is 0 Å². The van der Waals surface area contributed by atoms with Gasteiger partial charge in [-0.15, -0.1) is 0 Å². The van der Waals surface area contributed by atoms with Crippen molar-refractivity contribution in [2.75, 3.05) is 0 Å². The Kier molecular flexibility index (Phi) is 15.1. The topological polar surface area (TPSA) is 65.2 Å². The minimum Gasteiger partial charge on any atom is -0.411 e. The molecule has 0 saturated heterocycles. The molecule has 0 radical (unpaired) electrons. The van der Waals surface area contributed by atoms with Crippen LogP contribution >= 0.6 is 0 Å². The van der Waals surface area contributed by atoms with Crippen molar-refractivity contribution in [1.29, 1.82) is 0 Å². The van der Waals surface area contributed by atoms with Gasteiger partial charge in [-0.25, -0.2) is 0 Å². The van der Waals surface area contributed by atoms with Crippen LogP contribution in [0.25, 0.3) is 0 Å². The zero-order valence-electron chi connectivity index (χ0n) is 11.0. The Hall–Kier alpha value is -1.06. The molecule has 0 saturated carbocycles. The molecule has 0 atom stereocenters. The van der Waals surface area contributed by atoms with Crippen molar-refractivity contribution in [3.8, 4) is 0 Å². The lowest BCUT2D eigenvalue weighted by Crippen LogP contribution is -1.88. The van der Waals surface area contributed by atoms with Crippen LogP contribution in [0.2, 0.25) is 0 Å². The summed E-state index contributed by atoms with van der Waals surface area (Å²) in [5.74, 6) is 0. The maximum atomic E-state index is 8.15. The van der Waals surface area contributed by atoms with Crippen molar-refractivity contribution in [2.24, 2.45) is 10.3 Å². The predicted octanol–water partition coefficient (Wildman–Crippen LogP) is 4.05. The van der Waals surface area contributed by atoms with Gasteiger partial charge in [-0.3, -0.25) is 0 Å². The maximum Gasteiger partial charge on any atom is 0.0540 e. The zero-order valence-corrected chi connectivity index (χ0v) is 11.0. The molecule has 0 aromatic carbocycles. The van der Waals surface area contributed by atoms with E-state index in [2.05, 4.69) is 24.2 Å². The first-order valence-corrected chi connectivity index (χ1v) is 5.97. The minimum absolute atomic E-state index is 0.826. The van der Waals surface area contributed by atoms with Crippen molar-refractivity contribution < 1.29 is 10.4 Å². The molecule has 0 bridgehead atoms. The van der Waals surface area contributed by atoms with Gasteiger partial charge < -0.3 is 10.4 Å². The molecule has 0 aliphatic rings. The molecule has 96 valence electrons. The lowest BCUT2D eigenvalue weighted by molar-refractivity contribution is 0.317. The lowest BCUT2D eigenvalue weighted by atomic mass is 10.2. The van der Waals surface area contributed by atoms with Gasteiger partial charge in [-0.05, 0) is 39.5 Å². The Balaban J connectivity index is 0. The summed E-state index contributed by atoms with van der Waals surface area (Å²) >= 11 is 0. The number of rotatable bonds is 6. The molecular weight excluding hydrogens is 204 g/mol. The van der Waals surface area contributed by atoms with E-state index >= 15 is 0 Å². The Morgan fingerprint density at radius 2 is 1.12 bits per heavy atom. The summed E-state index contributed by atoms with van der Waals surface area (Å²) < 4.78 is 0. The summed E-state index contributed by atoms with van der Waals surface area (Å²) in [6.07, 6.45) is 6.41. The summed E-state index contributed by atoms with van der Waals surface area (Å²) in [5, 5.41) is 22.4. The van der Waals surface area contributed by atoms with E-state index in [4.69, 9.17) is 10.4 Å². The summed E-state index contributed by atoms with van der Waals surface area (Å²) in [4.78, 5) is 0. The molecule has 0 rings (SSSR count). The van der Waals surface area contributed by atoms with Crippen molar-refractivity contribution in [2.45, 2.75) is 66.2 Å². The number of nitrogens with zero attached hydrogens (tertiary/aromatic N) is 2. The van der Waals surface area contributed by atoms with Crippen LogP contribution in [0.15, 0.2) is 10.3 Å². The Morgan fingerprint density at radius 3 is 1.31 bits per heavy atom. The van der Waals surface area contributed by atoms with Gasteiger partial charge >= 0.3 is 0 Å². The molecule has 0 unspecified atom stereocenters. The van der Waals surface area contributed by atoms with Gasteiger partial charge in [0, 0.05) is 0 Å². The van der Waals surface area contributed by atoms with Crippen LogP contribution < -0.4 is 0 Å². The summed E-state index contributed by atoms with van der Waals surface area (Å²) in [7, 11) is 0. The largest absolute Gasteiger partial charge is 0.411 e. The normalized spacial score (nSPS) is 12.0. The average molecular weight is 230 g/mol. The number of hydrogen-bond acceptors (Lipinski definition) is 4. The smallest absolute Gasteiger partial charge is 0.0540 e. The summed E-state index contributed by atoms with van der Waals surface area (Å²) in [6.45, 7) is 7.89. The molecule has 0 aromatic heterocycles. The first kappa shape index (κ1) is 17.3. The minimum atomic E-state index is 0.826. The van der Waals surface area contributed by atoms with Crippen LogP contribution in [0.5, 0.6) is 0 Å². The van der Waals surface area contributed by atoms with E-state index in [-0.39, 0.29) is 0 Å². The molecule has 2 N–H and O–H groups in total. The highest BCUT2D eigenvalue weighted by atomic mass is 16.4. The highest BCUT2D eigenvalue weighted by Crippen LogP contribution is 1.95. The Labute approximate surface area is 99.0 Å². The SMILES string of the molecule is CCCC/C(C)=N/O.CCCC/C(C)=N/O. The quantitative estimate of drug-likeness (QED) is 0.410. The van der Waals surface area contributed by atoms with Gasteiger partial charge in [0.2, 0.25) is 0 Å². The van der Waals surface area contributed by atoms with E-state index in [1.807, 2.05) is 13.8 Å². The van der Waals surface area contributed by atoms with Gasteiger partial charge in [-0.2, -0.15) is 0 Å². The van der Waals surface area contributed by atoms with Gasteiger partial charge in [0.1, 0.15) is 0 Å². The molecule has 0 aliphatic heterocycles. The van der Waals surface area contributed by atoms with E-state index in [1.54, 1.807) is 0 Å². The molecule has 16 heavy (non-hydrogen) atoms. The predicted molar refractivity (Wildman–Crippen MR) is 68.8 cm³/mol. The molecule has 0 aliphatic carbocycles. The van der Waals surface area contributed by atoms with E-state index in [0.29, 0.717) is 0 Å². The number of oxime groups is 2. The Bertz CT molecular complexity index is 179. The van der Waals surface area contributed by atoms with Crippen LogP contribution in [-0.2, 0) is 0 Å². The molecule has 0 spiro atoms. The third-order valence-corrected chi connectivity index (χ3v) is 2.13. The fourth-order valence-electron chi connectivity index (χ4n) is 0.965. The zero-order chi connectivity index (χ0) is 12.8. The van der Waals surface area contributed by atoms with E-state index in [0.717, 1.165) is 49.9 Å². The second-order valence-electron chi connectivity index (χ2n) is 3.88. The standard InChI is InChI=1S/2C6H13NO/c2*1-3-4-5-6(2)7-8/h2*8H,3-5H2,1-2H3/b2*7-6+. The monoisotopic (exact) mass is 230 g/mol. The highest BCUT2D eigenvalue weighted by Gasteiger charge is 1.88. The molecule has 0 aromatic rings. The van der Waals surface area contributed by atoms with Crippen LogP contribution in [0, 0.1) is 0 Å². The molecule has 4 nitrogen and oxygen atoms in total. The third kappa shape index (κ3) is 15.4. The first-order chi connectivity index (χ1) is 7.62. The van der Waals surface area contributed by atoms with Crippen LogP contribution in [0.1, 0.15) is 66.2 Å². The first-order valence-electron chi connectivity index (χ1n) is 5.97. The van der Waals surface area contributed by atoms with E-state index in [9.17, 15) is 0 Å². The second kappa shape index (κ2) is 13.9.